The van der Waals surface area contributed by atoms with Gasteiger partial charge in [-0.25, -0.2) is 0 Å². The van der Waals surface area contributed by atoms with Crippen molar-refractivity contribution in [2.45, 2.75) is 25.3 Å². The summed E-state index contributed by atoms with van der Waals surface area (Å²) in [6.07, 6.45) is 3.71. The van der Waals surface area contributed by atoms with Gasteiger partial charge in [-0.3, -0.25) is 4.99 Å². The predicted octanol–water partition coefficient (Wildman–Crippen LogP) is 3.65. The van der Waals surface area contributed by atoms with Gasteiger partial charge in [-0.15, -0.1) is 11.3 Å². The molecule has 2 aliphatic rings. The first-order chi connectivity index (χ1) is 15.5. The first-order valence-corrected chi connectivity index (χ1v) is 12.2. The Bertz CT molecular complexity index is 1020. The van der Waals surface area contributed by atoms with Crippen LogP contribution in [0.15, 0.2) is 52.0 Å². The Balaban J connectivity index is 1.58. The van der Waals surface area contributed by atoms with Gasteiger partial charge in [0.15, 0.2) is 0 Å². The van der Waals surface area contributed by atoms with Gasteiger partial charge in [0, 0.05) is 12.1 Å². The number of aliphatic imine (C=N–C) groups is 1. The van der Waals surface area contributed by atoms with Crippen molar-refractivity contribution >= 4 is 46.3 Å². The molecule has 9 heteroatoms. The van der Waals surface area contributed by atoms with Gasteiger partial charge >= 0.3 is 0 Å². The van der Waals surface area contributed by atoms with E-state index in [0.29, 0.717) is 33.7 Å². The van der Waals surface area contributed by atoms with Gasteiger partial charge in [-0.2, -0.15) is 0 Å². The van der Waals surface area contributed by atoms with E-state index in [2.05, 4.69) is 10.2 Å². The molecule has 6 nitrogen and oxygen atoms in total. The lowest BCUT2D eigenvalue weighted by atomic mass is 9.95. The van der Waals surface area contributed by atoms with Crippen LogP contribution < -0.4 is 10.4 Å². The van der Waals surface area contributed by atoms with Crippen molar-refractivity contribution in [3.8, 4) is 0 Å². The Morgan fingerprint density at radius 2 is 2.03 bits per heavy atom. The molecule has 1 atom stereocenters. The predicted molar refractivity (Wildman–Crippen MR) is 126 cm³/mol. The van der Waals surface area contributed by atoms with Gasteiger partial charge in [0.05, 0.1) is 39.8 Å². The van der Waals surface area contributed by atoms with Gasteiger partial charge in [0.1, 0.15) is 11.9 Å². The lowest BCUT2D eigenvalue weighted by Gasteiger charge is -2.30. The number of ether oxygens (including phenoxy) is 1. The van der Waals surface area contributed by atoms with E-state index in [4.69, 9.17) is 32.9 Å². The van der Waals surface area contributed by atoms with Crippen LogP contribution in [0.5, 0.6) is 0 Å². The first kappa shape index (κ1) is 23.3. The van der Waals surface area contributed by atoms with Crippen molar-refractivity contribution in [2.75, 3.05) is 32.8 Å². The van der Waals surface area contributed by atoms with E-state index in [1.165, 1.54) is 30.6 Å². The zero-order chi connectivity index (χ0) is 22.5. The molecule has 170 valence electrons. The summed E-state index contributed by atoms with van der Waals surface area (Å²) in [4.78, 5) is 20.1. The number of rotatable bonds is 8. The molecule has 2 aliphatic heterocycles. The van der Waals surface area contributed by atoms with Gasteiger partial charge < -0.3 is 24.9 Å². The van der Waals surface area contributed by atoms with E-state index >= 15 is 0 Å². The number of thiophene rings is 1. The summed E-state index contributed by atoms with van der Waals surface area (Å²) in [5.41, 5.74) is 1.11. The topological polar surface area (TPSA) is 77.0 Å². The summed E-state index contributed by atoms with van der Waals surface area (Å²) in [7, 11) is 0. The molecule has 1 aromatic heterocycles. The number of amidine groups is 1. The third-order valence-electron chi connectivity index (χ3n) is 5.61. The van der Waals surface area contributed by atoms with Crippen molar-refractivity contribution in [2.24, 2.45) is 4.99 Å². The third-order valence-corrected chi connectivity index (χ3v) is 7.22. The van der Waals surface area contributed by atoms with E-state index in [1.807, 2.05) is 17.5 Å². The molecule has 0 saturated carbocycles. The van der Waals surface area contributed by atoms with Crippen LogP contribution in [0.3, 0.4) is 0 Å². The molecule has 1 fully saturated rings. The summed E-state index contributed by atoms with van der Waals surface area (Å²) < 4.78 is 5.90. The molecule has 0 amide bonds. The summed E-state index contributed by atoms with van der Waals surface area (Å²) in [6, 6.07) is 8.09. The quantitative estimate of drug-likeness (QED) is 0.569. The molecule has 0 aliphatic carbocycles. The highest BCUT2D eigenvalue weighted by Crippen LogP contribution is 2.35. The van der Waals surface area contributed by atoms with Crippen LogP contribution in [0.1, 0.15) is 35.7 Å². The Kier molecular flexibility index (Phi) is 7.86. The fraction of sp³-hybridized carbons (Fsp3) is 0.391. The van der Waals surface area contributed by atoms with E-state index in [9.17, 15) is 9.90 Å². The second kappa shape index (κ2) is 10.8. The average Bonchev–Trinajstić information content (AvgIpc) is 3.33. The molecule has 1 aromatic carbocycles. The summed E-state index contributed by atoms with van der Waals surface area (Å²) in [5, 5.41) is 18.0. The maximum absolute atomic E-state index is 12.2. The number of piperidine rings is 1. The van der Waals surface area contributed by atoms with Crippen LogP contribution in [0.25, 0.3) is 0 Å². The monoisotopic (exact) mass is 492 g/mol. The lowest BCUT2D eigenvalue weighted by molar-refractivity contribution is -0.299. The minimum Gasteiger partial charge on any atom is -0.545 e. The molecule has 1 N–H and O–H groups in total. The molecule has 0 radical (unpaired) electrons. The Morgan fingerprint density at radius 1 is 1.22 bits per heavy atom. The zero-order valence-corrected chi connectivity index (χ0v) is 19.8. The SMILES string of the molecule is O=C([O-])C1=C(COCCN2CCCCC2)NC(c2cccs2)=NC1c1ccc(Cl)c(Cl)c1. The van der Waals surface area contributed by atoms with Crippen LogP contribution in [0, 0.1) is 0 Å². The largest absolute Gasteiger partial charge is 0.545 e. The van der Waals surface area contributed by atoms with E-state index < -0.39 is 12.0 Å². The van der Waals surface area contributed by atoms with Crippen LogP contribution in [0.2, 0.25) is 10.0 Å². The van der Waals surface area contributed by atoms with Crippen LogP contribution in [-0.2, 0) is 9.53 Å². The van der Waals surface area contributed by atoms with E-state index in [1.54, 1.807) is 18.2 Å². The van der Waals surface area contributed by atoms with Gasteiger partial charge in [-0.05, 0) is 55.1 Å². The van der Waals surface area contributed by atoms with Crippen molar-refractivity contribution in [1.82, 2.24) is 10.2 Å². The van der Waals surface area contributed by atoms with Crippen molar-refractivity contribution in [3.05, 3.63) is 67.5 Å². The molecular formula is C23H24Cl2N3O3S-. The zero-order valence-electron chi connectivity index (χ0n) is 17.5. The van der Waals surface area contributed by atoms with Crippen LogP contribution in [0.4, 0.5) is 0 Å². The van der Waals surface area contributed by atoms with E-state index in [-0.39, 0.29) is 12.2 Å². The normalized spacial score (nSPS) is 19.6. The van der Waals surface area contributed by atoms with Gasteiger partial charge in [-0.1, -0.05) is 41.8 Å². The molecule has 1 saturated heterocycles. The molecular weight excluding hydrogens is 469 g/mol. The van der Waals surface area contributed by atoms with Gasteiger partial charge in [0.2, 0.25) is 0 Å². The molecule has 1 unspecified atom stereocenters. The number of carboxylic acids is 1. The number of carbonyl (C=O) groups is 1. The maximum Gasteiger partial charge on any atom is 0.143 e. The number of carbonyl (C=O) groups excluding carboxylic acids is 1. The minimum atomic E-state index is -1.29. The summed E-state index contributed by atoms with van der Waals surface area (Å²) in [5.74, 6) is -0.701. The summed E-state index contributed by atoms with van der Waals surface area (Å²) in [6.45, 7) is 3.65. The number of nitrogens with one attached hydrogen (secondary N) is 1. The highest BCUT2D eigenvalue weighted by Gasteiger charge is 2.28. The van der Waals surface area contributed by atoms with Crippen molar-refractivity contribution < 1.29 is 14.6 Å². The molecule has 0 spiro atoms. The first-order valence-electron chi connectivity index (χ1n) is 10.6. The second-order valence-corrected chi connectivity index (χ2v) is 9.55. The Morgan fingerprint density at radius 3 is 2.72 bits per heavy atom. The van der Waals surface area contributed by atoms with Crippen molar-refractivity contribution in [3.63, 3.8) is 0 Å². The smallest absolute Gasteiger partial charge is 0.143 e. The number of aliphatic carboxylic acids is 1. The molecule has 2 aromatic rings. The third kappa shape index (κ3) is 5.53. The molecule has 0 bridgehead atoms. The lowest BCUT2D eigenvalue weighted by Crippen LogP contribution is -2.39. The maximum atomic E-state index is 12.2. The number of nitrogens with zero attached hydrogens (tertiary/aromatic N) is 2. The number of benzene rings is 1. The molecule has 3 heterocycles. The fourth-order valence-electron chi connectivity index (χ4n) is 3.96. The van der Waals surface area contributed by atoms with Crippen molar-refractivity contribution in [1.29, 1.82) is 0 Å². The Hall–Kier alpha value is -1.90. The minimum absolute atomic E-state index is 0.0432. The second-order valence-electron chi connectivity index (χ2n) is 7.79. The highest BCUT2D eigenvalue weighted by molar-refractivity contribution is 7.12. The highest BCUT2D eigenvalue weighted by atomic mass is 35.5. The molecule has 32 heavy (non-hydrogen) atoms. The number of hydrogen-bond acceptors (Lipinski definition) is 7. The average molecular weight is 493 g/mol. The molecule has 4 rings (SSSR count). The number of likely N-dealkylation sites (tertiary alicyclic amines) is 1. The number of carboxylic acid groups (broad SMARTS) is 1. The number of hydrogen-bond donors (Lipinski definition) is 1. The van der Waals surface area contributed by atoms with Crippen LogP contribution in [-0.4, -0.2) is 49.6 Å². The standard InChI is InChI=1S/C23H25Cl2N3O3S/c24-16-7-6-15(13-17(16)25)21-20(23(29)30)18(26-22(27-21)19-5-4-12-32-19)14-31-11-10-28-8-2-1-3-9-28/h4-7,12-13,21H,1-3,8-11,14H2,(H,26,27)(H,29,30)/p-1. The Labute approximate surface area is 201 Å². The summed E-state index contributed by atoms with van der Waals surface area (Å²) >= 11 is 13.8. The number of halogens is 2. The van der Waals surface area contributed by atoms with Gasteiger partial charge in [0.25, 0.3) is 0 Å². The van der Waals surface area contributed by atoms with Crippen LogP contribution >= 0.6 is 34.5 Å². The fourth-order valence-corrected chi connectivity index (χ4v) is 4.95. The van der Waals surface area contributed by atoms with E-state index in [0.717, 1.165) is 24.5 Å².